The molecule has 134 valence electrons. The molecule has 2 aromatic heterocycles. The van der Waals surface area contributed by atoms with Crippen molar-refractivity contribution >= 4 is 6.09 Å². The number of ether oxygens (including phenoxy) is 1. The van der Waals surface area contributed by atoms with Crippen molar-refractivity contribution in [2.45, 2.75) is 58.6 Å². The summed E-state index contributed by atoms with van der Waals surface area (Å²) < 4.78 is 11.0. The highest BCUT2D eigenvalue weighted by atomic mass is 16.6. The molecule has 0 aromatic carbocycles. The lowest BCUT2D eigenvalue weighted by molar-refractivity contribution is 0.0204. The predicted octanol–water partition coefficient (Wildman–Crippen LogP) is 3.77. The predicted molar refractivity (Wildman–Crippen MR) is 91.8 cm³/mol. The van der Waals surface area contributed by atoms with Gasteiger partial charge in [0.25, 0.3) is 0 Å². The van der Waals surface area contributed by atoms with Gasteiger partial charge < -0.3 is 9.26 Å². The molecule has 0 N–H and O–H groups in total. The summed E-state index contributed by atoms with van der Waals surface area (Å²) in [6, 6.07) is 1.70. The first-order chi connectivity index (χ1) is 11.9. The van der Waals surface area contributed by atoms with Crippen LogP contribution in [0.3, 0.4) is 0 Å². The normalized spacial score (nSPS) is 17.8. The van der Waals surface area contributed by atoms with Crippen molar-refractivity contribution in [2.75, 3.05) is 6.54 Å². The van der Waals surface area contributed by atoms with E-state index in [-0.39, 0.29) is 12.1 Å². The maximum Gasteiger partial charge on any atom is 0.410 e. The van der Waals surface area contributed by atoms with Crippen molar-refractivity contribution in [2.24, 2.45) is 0 Å². The van der Waals surface area contributed by atoms with Crippen LogP contribution in [0.4, 0.5) is 4.79 Å². The van der Waals surface area contributed by atoms with Crippen LogP contribution in [-0.2, 0) is 11.2 Å². The molecule has 0 spiro atoms. The van der Waals surface area contributed by atoms with E-state index in [2.05, 4.69) is 15.1 Å². The van der Waals surface area contributed by atoms with E-state index in [1.165, 1.54) is 0 Å². The first kappa shape index (κ1) is 17.4. The van der Waals surface area contributed by atoms with Crippen molar-refractivity contribution in [3.8, 4) is 11.4 Å². The smallest absolute Gasteiger partial charge is 0.410 e. The number of carbonyl (C=O) groups is 1. The summed E-state index contributed by atoms with van der Waals surface area (Å²) in [5.74, 6) is 0.658. The van der Waals surface area contributed by atoms with E-state index >= 15 is 0 Å². The number of aromatic nitrogens is 3. The molecule has 0 saturated carbocycles. The number of aryl methyl sites for hydroxylation is 1. The largest absolute Gasteiger partial charge is 0.444 e. The molecule has 3 heterocycles. The zero-order valence-corrected chi connectivity index (χ0v) is 15.2. The van der Waals surface area contributed by atoms with Gasteiger partial charge in [0.2, 0.25) is 0 Å². The molecule has 1 amide bonds. The summed E-state index contributed by atoms with van der Waals surface area (Å²) in [6.45, 7) is 8.27. The Morgan fingerprint density at radius 1 is 1.36 bits per heavy atom. The van der Waals surface area contributed by atoms with Crippen LogP contribution in [0.2, 0.25) is 0 Å². The first-order valence-corrected chi connectivity index (χ1v) is 8.65. The zero-order valence-electron chi connectivity index (χ0n) is 15.2. The van der Waals surface area contributed by atoms with Gasteiger partial charge in [-0.05, 0) is 40.0 Å². The topological polar surface area (TPSA) is 81.4 Å². The molecule has 7 heteroatoms. The highest BCUT2D eigenvalue weighted by molar-refractivity contribution is 5.69. The minimum Gasteiger partial charge on any atom is -0.444 e. The van der Waals surface area contributed by atoms with Gasteiger partial charge in [-0.25, -0.2) is 4.79 Å². The number of nitrogens with zero attached hydrogens (tertiary/aromatic N) is 4. The molecular weight excluding hydrogens is 320 g/mol. The number of hydrogen-bond acceptors (Lipinski definition) is 6. The Hall–Kier alpha value is -2.44. The Morgan fingerprint density at radius 2 is 2.12 bits per heavy atom. The van der Waals surface area contributed by atoms with E-state index in [0.717, 1.165) is 30.7 Å². The fraction of sp³-hybridized carbons (Fsp3) is 0.556. The van der Waals surface area contributed by atoms with Gasteiger partial charge in [0, 0.05) is 25.0 Å². The second-order valence-corrected chi connectivity index (χ2v) is 7.15. The van der Waals surface area contributed by atoms with E-state index in [0.29, 0.717) is 18.0 Å². The van der Waals surface area contributed by atoms with Crippen LogP contribution in [0, 0.1) is 0 Å². The fourth-order valence-electron chi connectivity index (χ4n) is 3.00. The third-order valence-corrected chi connectivity index (χ3v) is 4.09. The van der Waals surface area contributed by atoms with Gasteiger partial charge in [0.15, 0.2) is 5.76 Å². The molecule has 1 aliphatic rings. The summed E-state index contributed by atoms with van der Waals surface area (Å²) in [7, 11) is 0. The Bertz CT molecular complexity index is 751. The van der Waals surface area contributed by atoms with Gasteiger partial charge in [-0.1, -0.05) is 12.1 Å². The lowest BCUT2D eigenvalue weighted by Crippen LogP contribution is -2.36. The van der Waals surface area contributed by atoms with Crippen molar-refractivity contribution in [3.05, 3.63) is 29.9 Å². The zero-order chi connectivity index (χ0) is 18.0. The molecule has 0 aliphatic carbocycles. The van der Waals surface area contributed by atoms with E-state index in [1.54, 1.807) is 17.3 Å². The number of carbonyl (C=O) groups excluding carboxylic acids is 1. The van der Waals surface area contributed by atoms with Gasteiger partial charge in [-0.15, -0.1) is 0 Å². The maximum absolute atomic E-state index is 12.4. The quantitative estimate of drug-likeness (QED) is 0.843. The fourth-order valence-corrected chi connectivity index (χ4v) is 3.00. The van der Waals surface area contributed by atoms with Crippen LogP contribution in [0.5, 0.6) is 0 Å². The molecule has 3 rings (SSSR count). The summed E-state index contributed by atoms with van der Waals surface area (Å²) in [6.07, 6.45) is 5.50. The molecule has 1 fully saturated rings. The van der Waals surface area contributed by atoms with Crippen molar-refractivity contribution < 1.29 is 14.1 Å². The van der Waals surface area contributed by atoms with Gasteiger partial charge in [-0.3, -0.25) is 14.9 Å². The highest BCUT2D eigenvalue weighted by Gasteiger charge is 2.35. The van der Waals surface area contributed by atoms with Crippen LogP contribution >= 0.6 is 0 Å². The average molecular weight is 344 g/mol. The molecule has 1 saturated heterocycles. The molecule has 7 nitrogen and oxygen atoms in total. The molecule has 2 aromatic rings. The van der Waals surface area contributed by atoms with Gasteiger partial charge in [-0.2, -0.15) is 0 Å². The SMILES string of the molecule is CCc1nccnc1-c1cc([C@@H]2CCCN2C(=O)OC(C)(C)C)on1. The molecular formula is C18H24N4O3. The van der Waals surface area contributed by atoms with Crippen LogP contribution in [0.1, 0.15) is 58.0 Å². The maximum atomic E-state index is 12.4. The van der Waals surface area contributed by atoms with Crippen molar-refractivity contribution in [1.29, 1.82) is 0 Å². The Morgan fingerprint density at radius 3 is 2.84 bits per heavy atom. The number of amides is 1. The second kappa shape index (κ2) is 6.82. The summed E-state index contributed by atoms with van der Waals surface area (Å²) in [4.78, 5) is 22.9. The van der Waals surface area contributed by atoms with Gasteiger partial charge in [0.1, 0.15) is 17.0 Å². The average Bonchev–Trinajstić information content (AvgIpc) is 3.22. The molecule has 1 atom stereocenters. The lowest BCUT2D eigenvalue weighted by atomic mass is 10.1. The van der Waals surface area contributed by atoms with E-state index in [4.69, 9.17) is 9.26 Å². The van der Waals surface area contributed by atoms with Crippen LogP contribution in [-0.4, -0.2) is 38.3 Å². The number of hydrogen-bond donors (Lipinski definition) is 0. The standard InChI is InChI=1S/C18H24N4O3/c1-5-12-16(20-9-8-19-12)13-11-15(25-21-13)14-7-6-10-22(14)17(23)24-18(2,3)4/h8-9,11,14H,5-7,10H2,1-4H3/t14-/m0/s1. The number of rotatable bonds is 3. The van der Waals surface area contributed by atoms with Gasteiger partial charge >= 0.3 is 6.09 Å². The second-order valence-electron chi connectivity index (χ2n) is 7.15. The Kier molecular flexibility index (Phi) is 4.74. The third kappa shape index (κ3) is 3.81. The first-order valence-electron chi connectivity index (χ1n) is 8.65. The van der Waals surface area contributed by atoms with Crippen molar-refractivity contribution in [1.82, 2.24) is 20.0 Å². The number of likely N-dealkylation sites (tertiary alicyclic amines) is 1. The molecule has 25 heavy (non-hydrogen) atoms. The Labute approximate surface area is 147 Å². The van der Waals surface area contributed by atoms with E-state index < -0.39 is 5.60 Å². The van der Waals surface area contributed by atoms with Crippen LogP contribution in [0.15, 0.2) is 23.0 Å². The third-order valence-electron chi connectivity index (χ3n) is 4.09. The highest BCUT2D eigenvalue weighted by Crippen LogP contribution is 2.35. The summed E-state index contributed by atoms with van der Waals surface area (Å²) in [5.41, 5.74) is 1.72. The summed E-state index contributed by atoms with van der Waals surface area (Å²) in [5, 5.41) is 4.15. The van der Waals surface area contributed by atoms with E-state index in [9.17, 15) is 4.79 Å². The molecule has 1 aliphatic heterocycles. The van der Waals surface area contributed by atoms with Crippen molar-refractivity contribution in [3.63, 3.8) is 0 Å². The van der Waals surface area contributed by atoms with Crippen LogP contribution in [0.25, 0.3) is 11.4 Å². The van der Waals surface area contributed by atoms with Gasteiger partial charge in [0.05, 0.1) is 11.7 Å². The molecule has 0 bridgehead atoms. The molecule has 0 radical (unpaired) electrons. The van der Waals surface area contributed by atoms with Crippen LogP contribution < -0.4 is 0 Å². The molecule has 0 unspecified atom stereocenters. The van der Waals surface area contributed by atoms with E-state index in [1.807, 2.05) is 33.8 Å². The minimum atomic E-state index is -0.521. The Balaban J connectivity index is 1.83. The minimum absolute atomic E-state index is 0.155. The monoisotopic (exact) mass is 344 g/mol. The summed E-state index contributed by atoms with van der Waals surface area (Å²) >= 11 is 0. The lowest BCUT2D eigenvalue weighted by Gasteiger charge is -2.27.